The van der Waals surface area contributed by atoms with Crippen LogP contribution in [0.2, 0.25) is 0 Å². The molecule has 1 N–H and O–H groups in total. The fourth-order valence-corrected chi connectivity index (χ4v) is 3.79. The van der Waals surface area contributed by atoms with Crippen LogP contribution in [0.1, 0.15) is 60.5 Å². The number of aliphatic carboxylic acids is 1. The Morgan fingerprint density at radius 1 is 1.24 bits per heavy atom. The van der Waals surface area contributed by atoms with Gasteiger partial charge in [-0.1, -0.05) is 0 Å². The number of hydrogen-bond acceptors (Lipinski definition) is 4. The highest BCUT2D eigenvalue weighted by Crippen LogP contribution is 2.43. The third kappa shape index (κ3) is 3.08. The Hall–Kier alpha value is -2.50. The van der Waals surface area contributed by atoms with Gasteiger partial charge in [0, 0.05) is 12.0 Å². The van der Waals surface area contributed by atoms with Gasteiger partial charge in [-0.05, 0) is 52.3 Å². The number of furan rings is 2. The molecule has 0 bridgehead atoms. The van der Waals surface area contributed by atoms with E-state index in [1.807, 2.05) is 26.8 Å². The number of carbonyl (C=O) groups excluding carboxylic acids is 1. The fourth-order valence-electron chi connectivity index (χ4n) is 3.79. The molecule has 0 aliphatic carbocycles. The summed E-state index contributed by atoms with van der Waals surface area (Å²) in [6.07, 6.45) is 0.526. The number of piperidine rings is 1. The van der Waals surface area contributed by atoms with Crippen molar-refractivity contribution in [3.05, 3.63) is 46.8 Å². The van der Waals surface area contributed by atoms with E-state index in [0.717, 1.165) is 17.1 Å². The van der Waals surface area contributed by atoms with Crippen LogP contribution in [0.4, 0.5) is 0 Å². The molecule has 0 unspecified atom stereocenters. The summed E-state index contributed by atoms with van der Waals surface area (Å²) in [6.45, 7) is 7.42. The summed E-state index contributed by atoms with van der Waals surface area (Å²) in [5, 5.41) is 9.69. The van der Waals surface area contributed by atoms with E-state index in [9.17, 15) is 14.7 Å². The maximum absolute atomic E-state index is 12.7. The smallest absolute Gasteiger partial charge is 0.309 e. The van der Waals surface area contributed by atoms with Gasteiger partial charge in [-0.15, -0.1) is 0 Å². The van der Waals surface area contributed by atoms with Gasteiger partial charge in [0.05, 0.1) is 12.0 Å². The van der Waals surface area contributed by atoms with Crippen LogP contribution in [0.25, 0.3) is 0 Å². The molecule has 3 heterocycles. The van der Waals surface area contributed by atoms with Gasteiger partial charge in [0.15, 0.2) is 0 Å². The van der Waals surface area contributed by atoms with E-state index in [1.54, 1.807) is 24.0 Å². The molecule has 3 rings (SSSR count). The molecule has 134 valence electrons. The molecule has 6 heteroatoms. The molecule has 1 aliphatic rings. The first-order valence-corrected chi connectivity index (χ1v) is 8.46. The van der Waals surface area contributed by atoms with Crippen molar-refractivity contribution in [2.45, 2.75) is 52.6 Å². The Bertz CT molecular complexity index is 803. The summed E-state index contributed by atoms with van der Waals surface area (Å²) in [5.41, 5.74) is 0.894. The molecular weight excluding hydrogens is 322 g/mol. The SMILES string of the molecule is Cc1ccc([C@@H]2[C@@H](C(=O)O)CCC(=O)N2[C@H](C)c2cc(C)oc2C)o1. The largest absolute Gasteiger partial charge is 0.481 e. The molecule has 1 aliphatic heterocycles. The van der Waals surface area contributed by atoms with Crippen molar-refractivity contribution in [2.75, 3.05) is 0 Å². The predicted octanol–water partition coefficient (Wildman–Crippen LogP) is 3.92. The summed E-state index contributed by atoms with van der Waals surface area (Å²) in [5.74, 6) is 1.04. The maximum atomic E-state index is 12.7. The lowest BCUT2D eigenvalue weighted by atomic mass is 9.85. The van der Waals surface area contributed by atoms with E-state index < -0.39 is 17.9 Å². The van der Waals surface area contributed by atoms with Crippen molar-refractivity contribution < 1.29 is 23.5 Å². The fraction of sp³-hybridized carbons (Fsp3) is 0.474. The Morgan fingerprint density at radius 3 is 2.48 bits per heavy atom. The number of carboxylic acid groups (broad SMARTS) is 1. The van der Waals surface area contributed by atoms with E-state index in [4.69, 9.17) is 8.83 Å². The number of aryl methyl sites for hydroxylation is 3. The van der Waals surface area contributed by atoms with Gasteiger partial charge in [-0.2, -0.15) is 0 Å². The molecule has 2 aromatic heterocycles. The zero-order valence-corrected chi connectivity index (χ0v) is 14.9. The molecule has 6 nitrogen and oxygen atoms in total. The first kappa shape index (κ1) is 17.3. The van der Waals surface area contributed by atoms with Crippen LogP contribution in [0.3, 0.4) is 0 Å². The highest BCUT2D eigenvalue weighted by Gasteiger charge is 2.45. The highest BCUT2D eigenvalue weighted by atomic mass is 16.4. The van der Waals surface area contributed by atoms with Crippen molar-refractivity contribution in [3.8, 4) is 0 Å². The summed E-state index contributed by atoms with van der Waals surface area (Å²) < 4.78 is 11.3. The van der Waals surface area contributed by atoms with Crippen molar-refractivity contribution in [1.29, 1.82) is 0 Å². The summed E-state index contributed by atoms with van der Waals surface area (Å²) in [4.78, 5) is 26.2. The van der Waals surface area contributed by atoms with Gasteiger partial charge in [-0.3, -0.25) is 9.59 Å². The molecule has 1 saturated heterocycles. The van der Waals surface area contributed by atoms with Crippen LogP contribution in [-0.2, 0) is 9.59 Å². The number of amides is 1. The van der Waals surface area contributed by atoms with E-state index in [1.165, 1.54) is 0 Å². The molecule has 2 aromatic rings. The van der Waals surface area contributed by atoms with Crippen molar-refractivity contribution in [2.24, 2.45) is 5.92 Å². The quantitative estimate of drug-likeness (QED) is 0.908. The minimum absolute atomic E-state index is 0.0673. The monoisotopic (exact) mass is 345 g/mol. The van der Waals surface area contributed by atoms with Gasteiger partial charge in [-0.25, -0.2) is 0 Å². The van der Waals surface area contributed by atoms with Crippen LogP contribution in [0.15, 0.2) is 27.0 Å². The maximum Gasteiger partial charge on any atom is 0.309 e. The minimum Gasteiger partial charge on any atom is -0.481 e. The highest BCUT2D eigenvalue weighted by molar-refractivity contribution is 5.82. The van der Waals surface area contributed by atoms with Gasteiger partial charge < -0.3 is 18.8 Å². The molecule has 0 aromatic carbocycles. The first-order chi connectivity index (χ1) is 11.8. The van der Waals surface area contributed by atoms with Gasteiger partial charge in [0.2, 0.25) is 5.91 Å². The standard InChI is InChI=1S/C19H23NO5/c1-10-5-7-16(25-10)18-14(19(22)23)6-8-17(21)20(18)12(3)15-9-11(2)24-13(15)4/h5,7,9,12,14,18H,6,8H2,1-4H3,(H,22,23)/t12-,14+,18+/m1/s1. The first-order valence-electron chi connectivity index (χ1n) is 8.46. The van der Waals surface area contributed by atoms with Crippen LogP contribution in [-0.4, -0.2) is 21.9 Å². The van der Waals surface area contributed by atoms with Crippen molar-refractivity contribution in [3.63, 3.8) is 0 Å². The molecule has 25 heavy (non-hydrogen) atoms. The van der Waals surface area contributed by atoms with Crippen LogP contribution < -0.4 is 0 Å². The Morgan fingerprint density at radius 2 is 1.96 bits per heavy atom. The lowest BCUT2D eigenvalue weighted by molar-refractivity contribution is -0.155. The number of hydrogen-bond donors (Lipinski definition) is 1. The second-order valence-corrected chi connectivity index (χ2v) is 6.72. The number of likely N-dealkylation sites (tertiary alicyclic amines) is 1. The minimum atomic E-state index is -0.913. The topological polar surface area (TPSA) is 83.9 Å². The molecule has 1 amide bonds. The summed E-state index contributed by atoms with van der Waals surface area (Å²) in [6, 6.07) is 4.53. The molecule has 0 radical (unpaired) electrons. The Labute approximate surface area is 146 Å². The lowest BCUT2D eigenvalue weighted by Gasteiger charge is -2.41. The summed E-state index contributed by atoms with van der Waals surface area (Å²) in [7, 11) is 0. The Balaban J connectivity index is 2.07. The number of carboxylic acids is 1. The van der Waals surface area contributed by atoms with Gasteiger partial charge >= 0.3 is 5.97 Å². The normalized spacial score (nSPS) is 22.2. The van der Waals surface area contributed by atoms with Gasteiger partial charge in [0.1, 0.15) is 29.1 Å². The third-order valence-electron chi connectivity index (χ3n) is 4.95. The molecule has 1 fully saturated rings. The number of rotatable bonds is 4. The molecule has 3 atom stereocenters. The average molecular weight is 345 g/mol. The van der Waals surface area contributed by atoms with E-state index in [-0.39, 0.29) is 18.4 Å². The van der Waals surface area contributed by atoms with Crippen LogP contribution >= 0.6 is 0 Å². The van der Waals surface area contributed by atoms with Crippen molar-refractivity contribution >= 4 is 11.9 Å². The zero-order valence-electron chi connectivity index (χ0n) is 14.9. The molecule has 0 spiro atoms. The third-order valence-corrected chi connectivity index (χ3v) is 4.95. The second-order valence-electron chi connectivity index (χ2n) is 6.72. The van der Waals surface area contributed by atoms with Crippen LogP contribution in [0.5, 0.6) is 0 Å². The van der Waals surface area contributed by atoms with E-state index >= 15 is 0 Å². The number of carbonyl (C=O) groups is 2. The Kier molecular flexibility index (Phi) is 4.45. The van der Waals surface area contributed by atoms with Gasteiger partial charge in [0.25, 0.3) is 0 Å². The summed E-state index contributed by atoms with van der Waals surface area (Å²) >= 11 is 0. The zero-order chi connectivity index (χ0) is 18.3. The number of nitrogens with zero attached hydrogens (tertiary/aromatic N) is 1. The lowest BCUT2D eigenvalue weighted by Crippen LogP contribution is -2.46. The van der Waals surface area contributed by atoms with E-state index in [0.29, 0.717) is 17.9 Å². The van der Waals surface area contributed by atoms with E-state index in [2.05, 4.69) is 0 Å². The molecule has 0 saturated carbocycles. The van der Waals surface area contributed by atoms with Crippen molar-refractivity contribution in [1.82, 2.24) is 4.90 Å². The average Bonchev–Trinajstić information content (AvgIpc) is 3.11. The predicted molar refractivity (Wildman–Crippen MR) is 90.0 cm³/mol. The molecular formula is C19H23NO5. The van der Waals surface area contributed by atoms with Crippen LogP contribution in [0, 0.1) is 26.7 Å². The second kappa shape index (κ2) is 6.43.